The molecule has 1 N–H and O–H groups in total. The molecule has 2 unspecified atom stereocenters. The van der Waals surface area contributed by atoms with Crippen molar-refractivity contribution in [2.75, 3.05) is 23.8 Å². The minimum absolute atomic E-state index is 0.213. The second-order valence-corrected chi connectivity index (χ2v) is 9.73. The molecule has 2 aromatic rings. The summed E-state index contributed by atoms with van der Waals surface area (Å²) in [6.45, 7) is 4.25. The Kier molecular flexibility index (Phi) is 6.69. The molecule has 1 amide bonds. The topological polar surface area (TPSA) is 84.9 Å². The Balaban J connectivity index is 1.81. The van der Waals surface area contributed by atoms with Gasteiger partial charge in [-0.05, 0) is 49.7 Å². The maximum Gasteiger partial charge on any atom is 0.244 e. The maximum atomic E-state index is 12.9. The third-order valence-corrected chi connectivity index (χ3v) is 6.29. The van der Waals surface area contributed by atoms with E-state index < -0.39 is 22.0 Å². The number of halogens is 2. The summed E-state index contributed by atoms with van der Waals surface area (Å²) in [5.74, 6) is 0.788. The third-order valence-electron chi connectivity index (χ3n) is 4.62. The third kappa shape index (κ3) is 5.11. The van der Waals surface area contributed by atoms with Crippen LogP contribution in [0.15, 0.2) is 36.4 Å². The predicted octanol–water partition coefficient (Wildman–Crippen LogP) is 3.80. The van der Waals surface area contributed by atoms with Crippen LogP contribution in [0.4, 0.5) is 5.69 Å². The number of fused-ring (bicyclic) bond motifs is 1. The van der Waals surface area contributed by atoms with E-state index in [-0.39, 0.29) is 21.8 Å². The smallest absolute Gasteiger partial charge is 0.244 e. The van der Waals surface area contributed by atoms with E-state index in [1.54, 1.807) is 19.1 Å². The van der Waals surface area contributed by atoms with Crippen LogP contribution in [0.1, 0.15) is 25.5 Å². The molecular formula is C20H22Cl2N2O5S. The molecule has 0 spiro atoms. The summed E-state index contributed by atoms with van der Waals surface area (Å²) in [6.07, 6.45) is 1.02. The first kappa shape index (κ1) is 22.5. The molecule has 3 rings (SSSR count). The highest BCUT2D eigenvalue weighted by molar-refractivity contribution is 7.92. The fraction of sp³-hybridized carbons (Fsp3) is 0.350. The van der Waals surface area contributed by atoms with Crippen LogP contribution in [0.5, 0.6) is 11.5 Å². The normalized spacial score (nSPS) is 15.2. The number of carbonyl (C=O) groups excluding carboxylic acids is 1. The number of sulfonamides is 1. The van der Waals surface area contributed by atoms with Gasteiger partial charge in [0.2, 0.25) is 15.9 Å². The van der Waals surface area contributed by atoms with Crippen LogP contribution in [0.2, 0.25) is 10.0 Å². The Morgan fingerprint density at radius 3 is 2.23 bits per heavy atom. The standard InChI is InChI=1S/C20H22Cl2N2O5S/c1-12(14-4-5-18-19(8-14)29-7-6-28-18)23-20(25)13(2)24(30(3,26)27)17-10-15(21)9-16(22)11-17/h4-5,8-13H,6-7H2,1-3H3,(H,23,25). The van der Waals surface area contributed by atoms with Crippen molar-refractivity contribution < 1.29 is 22.7 Å². The van der Waals surface area contributed by atoms with Crippen LogP contribution in [0.25, 0.3) is 0 Å². The molecule has 0 saturated carbocycles. The van der Waals surface area contributed by atoms with Crippen LogP contribution in [0.3, 0.4) is 0 Å². The zero-order chi connectivity index (χ0) is 22.1. The van der Waals surface area contributed by atoms with Crippen LogP contribution < -0.4 is 19.1 Å². The van der Waals surface area contributed by atoms with Gasteiger partial charge >= 0.3 is 0 Å². The van der Waals surface area contributed by atoms with Crippen molar-refractivity contribution in [1.29, 1.82) is 0 Å². The van der Waals surface area contributed by atoms with E-state index in [2.05, 4.69) is 5.32 Å². The predicted molar refractivity (Wildman–Crippen MR) is 117 cm³/mol. The van der Waals surface area contributed by atoms with Crippen molar-refractivity contribution in [3.8, 4) is 11.5 Å². The number of hydrogen-bond acceptors (Lipinski definition) is 5. The molecule has 0 saturated heterocycles. The summed E-state index contributed by atoms with van der Waals surface area (Å²) in [5.41, 5.74) is 1.01. The van der Waals surface area contributed by atoms with Crippen LogP contribution in [-0.4, -0.2) is 39.8 Å². The lowest BCUT2D eigenvalue weighted by molar-refractivity contribution is -0.122. The minimum atomic E-state index is -3.79. The molecule has 7 nitrogen and oxygen atoms in total. The quantitative estimate of drug-likeness (QED) is 0.690. The monoisotopic (exact) mass is 472 g/mol. The minimum Gasteiger partial charge on any atom is -0.486 e. The number of amides is 1. The van der Waals surface area contributed by atoms with Crippen molar-refractivity contribution in [2.24, 2.45) is 0 Å². The summed E-state index contributed by atoms with van der Waals surface area (Å²) in [4.78, 5) is 12.9. The van der Waals surface area contributed by atoms with Crippen LogP contribution in [0, 0.1) is 0 Å². The lowest BCUT2D eigenvalue weighted by atomic mass is 10.1. The molecule has 1 aliphatic heterocycles. The van der Waals surface area contributed by atoms with Gasteiger partial charge in [-0.15, -0.1) is 0 Å². The SMILES string of the molecule is CC(NC(=O)C(C)N(c1cc(Cl)cc(Cl)c1)S(C)(=O)=O)c1ccc2c(c1)OCCO2. The molecule has 0 aromatic heterocycles. The number of hydrogen-bond donors (Lipinski definition) is 1. The van der Waals surface area contributed by atoms with Crippen LogP contribution >= 0.6 is 23.2 Å². The fourth-order valence-corrected chi connectivity index (χ4v) is 4.89. The Bertz CT molecular complexity index is 1040. The summed E-state index contributed by atoms with van der Waals surface area (Å²) >= 11 is 12.0. The molecule has 1 aliphatic rings. The molecule has 30 heavy (non-hydrogen) atoms. The number of nitrogens with zero attached hydrogens (tertiary/aromatic N) is 1. The van der Waals surface area contributed by atoms with Gasteiger partial charge in [0, 0.05) is 10.0 Å². The molecule has 162 valence electrons. The van der Waals surface area contributed by atoms with E-state index in [1.165, 1.54) is 25.1 Å². The number of carbonyl (C=O) groups is 1. The summed E-state index contributed by atoms with van der Waals surface area (Å²) in [5, 5.41) is 3.38. The zero-order valence-corrected chi connectivity index (χ0v) is 19.0. The average molecular weight is 473 g/mol. The van der Waals surface area contributed by atoms with Gasteiger partial charge in [0.05, 0.1) is 18.0 Å². The maximum absolute atomic E-state index is 12.9. The lowest BCUT2D eigenvalue weighted by Gasteiger charge is -2.29. The highest BCUT2D eigenvalue weighted by Gasteiger charge is 2.30. The Hall–Kier alpha value is -2.16. The van der Waals surface area contributed by atoms with Gasteiger partial charge < -0.3 is 14.8 Å². The summed E-state index contributed by atoms with van der Waals surface area (Å²) in [7, 11) is -3.79. The van der Waals surface area contributed by atoms with Gasteiger partial charge in [0.15, 0.2) is 11.5 Å². The van der Waals surface area contributed by atoms with Crippen molar-refractivity contribution in [3.05, 3.63) is 52.0 Å². The van der Waals surface area contributed by atoms with Gasteiger partial charge in [0.25, 0.3) is 0 Å². The Morgan fingerprint density at radius 2 is 1.63 bits per heavy atom. The number of benzene rings is 2. The van der Waals surface area contributed by atoms with E-state index in [1.807, 2.05) is 6.07 Å². The van der Waals surface area contributed by atoms with Crippen molar-refractivity contribution >= 4 is 44.8 Å². The van der Waals surface area contributed by atoms with E-state index in [0.29, 0.717) is 24.7 Å². The van der Waals surface area contributed by atoms with Gasteiger partial charge in [-0.3, -0.25) is 9.10 Å². The number of ether oxygens (including phenoxy) is 2. The van der Waals surface area contributed by atoms with E-state index in [0.717, 1.165) is 16.1 Å². The summed E-state index contributed by atoms with van der Waals surface area (Å²) < 4.78 is 37.0. The highest BCUT2D eigenvalue weighted by atomic mass is 35.5. The number of nitrogens with one attached hydrogen (secondary N) is 1. The van der Waals surface area contributed by atoms with Crippen molar-refractivity contribution in [3.63, 3.8) is 0 Å². The zero-order valence-electron chi connectivity index (χ0n) is 16.7. The molecule has 2 atom stereocenters. The molecule has 0 bridgehead atoms. The first-order chi connectivity index (χ1) is 14.1. The van der Waals surface area contributed by atoms with Gasteiger partial charge in [-0.25, -0.2) is 8.42 Å². The lowest BCUT2D eigenvalue weighted by Crippen LogP contribution is -2.48. The van der Waals surface area contributed by atoms with E-state index >= 15 is 0 Å². The van der Waals surface area contributed by atoms with Crippen molar-refractivity contribution in [2.45, 2.75) is 25.9 Å². The van der Waals surface area contributed by atoms with Gasteiger partial charge in [-0.2, -0.15) is 0 Å². The molecule has 0 aliphatic carbocycles. The van der Waals surface area contributed by atoms with E-state index in [9.17, 15) is 13.2 Å². The second kappa shape index (κ2) is 8.91. The van der Waals surface area contributed by atoms with Crippen LogP contribution in [-0.2, 0) is 14.8 Å². The largest absolute Gasteiger partial charge is 0.486 e. The van der Waals surface area contributed by atoms with Gasteiger partial charge in [-0.1, -0.05) is 29.3 Å². The fourth-order valence-electron chi connectivity index (χ4n) is 3.22. The summed E-state index contributed by atoms with van der Waals surface area (Å²) in [6, 6.07) is 8.37. The highest BCUT2D eigenvalue weighted by Crippen LogP contribution is 2.33. The van der Waals surface area contributed by atoms with Crippen molar-refractivity contribution in [1.82, 2.24) is 5.32 Å². The van der Waals surface area contributed by atoms with Gasteiger partial charge in [0.1, 0.15) is 19.3 Å². The van der Waals surface area contributed by atoms with E-state index in [4.69, 9.17) is 32.7 Å². The molecule has 2 aromatic carbocycles. The number of rotatable bonds is 6. The Labute approximate surface area is 185 Å². The molecule has 10 heteroatoms. The molecule has 1 heterocycles. The average Bonchev–Trinajstić information content (AvgIpc) is 2.65. The first-order valence-corrected chi connectivity index (χ1v) is 11.8. The molecule has 0 radical (unpaired) electrons. The first-order valence-electron chi connectivity index (χ1n) is 9.21. The molecular weight excluding hydrogens is 451 g/mol. The number of anilines is 1. The molecule has 0 fully saturated rings. The second-order valence-electron chi connectivity index (χ2n) is 7.00. The Morgan fingerprint density at radius 1 is 1.03 bits per heavy atom.